The molecule has 9 heteroatoms. The van der Waals surface area contributed by atoms with Gasteiger partial charge in [0.15, 0.2) is 16.3 Å². The maximum Gasteiger partial charge on any atom is 0.249 e. The maximum absolute atomic E-state index is 12.5. The summed E-state index contributed by atoms with van der Waals surface area (Å²) in [4.78, 5) is 18.8. The molecule has 160 valence electrons. The van der Waals surface area contributed by atoms with Gasteiger partial charge in [0, 0.05) is 46.5 Å². The van der Waals surface area contributed by atoms with Crippen LogP contribution in [0.25, 0.3) is 10.2 Å². The zero-order valence-electron chi connectivity index (χ0n) is 17.0. The molecule has 0 saturated heterocycles. The van der Waals surface area contributed by atoms with Crippen LogP contribution in [-0.2, 0) is 11.3 Å². The fourth-order valence-electron chi connectivity index (χ4n) is 2.83. The number of carbonyl (C=O) groups is 1. The second kappa shape index (κ2) is 11.1. The number of nitrogens with zero attached hydrogens (tertiary/aromatic N) is 2. The highest BCUT2D eigenvalue weighted by Gasteiger charge is 2.13. The summed E-state index contributed by atoms with van der Waals surface area (Å²) in [6, 6.07) is 11.5. The molecule has 0 aliphatic heterocycles. The number of halogens is 1. The molecule has 0 aliphatic carbocycles. The third-order valence-electron chi connectivity index (χ3n) is 4.33. The number of hydrogen-bond donors (Lipinski definition) is 0. The van der Waals surface area contributed by atoms with Crippen LogP contribution in [0.2, 0.25) is 5.02 Å². The number of aryl methyl sites for hydroxylation is 1. The Morgan fingerprint density at radius 2 is 1.83 bits per heavy atom. The van der Waals surface area contributed by atoms with Gasteiger partial charge in [0.2, 0.25) is 5.91 Å². The predicted molar refractivity (Wildman–Crippen MR) is 129 cm³/mol. The Labute approximate surface area is 193 Å². The first-order valence-electron chi connectivity index (χ1n) is 9.26. The lowest BCUT2D eigenvalue weighted by Gasteiger charge is -2.09. The fourth-order valence-corrected chi connectivity index (χ4v) is 5.25. The Bertz CT molecular complexity index is 1080. The highest BCUT2D eigenvalue weighted by atomic mass is 35.5. The lowest BCUT2D eigenvalue weighted by atomic mass is 10.3. The van der Waals surface area contributed by atoms with Crippen LogP contribution in [-0.4, -0.2) is 42.5 Å². The molecule has 0 unspecified atom stereocenters. The molecule has 0 bridgehead atoms. The van der Waals surface area contributed by atoms with E-state index in [0.29, 0.717) is 33.5 Å². The van der Waals surface area contributed by atoms with Crippen molar-refractivity contribution in [3.05, 3.63) is 46.2 Å². The van der Waals surface area contributed by atoms with Gasteiger partial charge < -0.3 is 14.0 Å². The Kier molecular flexibility index (Phi) is 8.56. The van der Waals surface area contributed by atoms with Crippen LogP contribution in [0.3, 0.4) is 0 Å². The molecule has 1 aromatic heterocycles. The first kappa shape index (κ1) is 23.1. The number of methoxy groups -OCH3 is 2. The summed E-state index contributed by atoms with van der Waals surface area (Å²) in [7, 11) is 3.24. The molecule has 0 spiro atoms. The van der Waals surface area contributed by atoms with Gasteiger partial charge in [0.1, 0.15) is 0 Å². The molecular formula is C21H23ClN2O3S3. The van der Waals surface area contributed by atoms with Gasteiger partial charge in [-0.3, -0.25) is 4.79 Å². The average Bonchev–Trinajstić information content (AvgIpc) is 3.08. The summed E-state index contributed by atoms with van der Waals surface area (Å²) >= 11 is 10.8. The van der Waals surface area contributed by atoms with Crippen molar-refractivity contribution in [3.63, 3.8) is 0 Å². The van der Waals surface area contributed by atoms with Crippen LogP contribution in [0.1, 0.15) is 6.42 Å². The molecule has 1 heterocycles. The van der Waals surface area contributed by atoms with E-state index >= 15 is 0 Å². The largest absolute Gasteiger partial charge is 0.493 e. The van der Waals surface area contributed by atoms with Gasteiger partial charge in [-0.05, 0) is 30.5 Å². The van der Waals surface area contributed by atoms with E-state index in [9.17, 15) is 4.79 Å². The van der Waals surface area contributed by atoms with E-state index in [2.05, 4.69) is 15.8 Å². The quantitative estimate of drug-likeness (QED) is 0.385. The zero-order valence-corrected chi connectivity index (χ0v) is 20.2. The van der Waals surface area contributed by atoms with E-state index in [-0.39, 0.29) is 5.91 Å². The van der Waals surface area contributed by atoms with Gasteiger partial charge in [-0.25, -0.2) is 0 Å². The lowest BCUT2D eigenvalue weighted by molar-refractivity contribution is -0.117. The summed E-state index contributed by atoms with van der Waals surface area (Å²) in [6.07, 6.45) is 2.44. The number of ether oxygens (including phenoxy) is 2. The van der Waals surface area contributed by atoms with E-state index in [0.717, 1.165) is 27.4 Å². The van der Waals surface area contributed by atoms with E-state index in [1.807, 2.05) is 36.4 Å². The van der Waals surface area contributed by atoms with Crippen molar-refractivity contribution in [1.29, 1.82) is 0 Å². The van der Waals surface area contributed by atoms with Gasteiger partial charge in [-0.15, -0.1) is 11.8 Å². The molecule has 0 N–H and O–H groups in total. The Balaban J connectivity index is 1.83. The Hall–Kier alpha value is -1.61. The predicted octanol–water partition coefficient (Wildman–Crippen LogP) is 5.35. The Morgan fingerprint density at radius 3 is 2.50 bits per heavy atom. The zero-order chi connectivity index (χ0) is 21.5. The highest BCUT2D eigenvalue weighted by Crippen LogP contribution is 2.33. The number of carbonyl (C=O) groups excluding carboxylic acids is 1. The maximum atomic E-state index is 12.5. The van der Waals surface area contributed by atoms with E-state index < -0.39 is 0 Å². The second-order valence-corrected chi connectivity index (χ2v) is 9.86. The van der Waals surface area contributed by atoms with Crippen molar-refractivity contribution >= 4 is 62.6 Å². The van der Waals surface area contributed by atoms with Gasteiger partial charge in [-0.2, -0.15) is 16.8 Å². The van der Waals surface area contributed by atoms with E-state index in [1.54, 1.807) is 37.7 Å². The van der Waals surface area contributed by atoms with Crippen LogP contribution in [0.5, 0.6) is 11.5 Å². The molecule has 0 fully saturated rings. The smallest absolute Gasteiger partial charge is 0.249 e. The van der Waals surface area contributed by atoms with Crippen molar-refractivity contribution in [2.45, 2.75) is 17.9 Å². The molecular weight excluding hydrogens is 460 g/mol. The summed E-state index contributed by atoms with van der Waals surface area (Å²) in [5.41, 5.74) is 0.994. The van der Waals surface area contributed by atoms with Crippen LogP contribution in [0, 0.1) is 0 Å². The standard InChI is InChI=1S/C21H23ClN2O3S3/c1-26-17-12-16-19(13-18(17)27-2)30-21(24(16)9-11-28-3)23-20(25)8-10-29-15-6-4-14(22)5-7-15/h4-7,12-13H,8-11H2,1-3H3. The van der Waals surface area contributed by atoms with Gasteiger partial charge in [0.25, 0.3) is 0 Å². The second-order valence-electron chi connectivity index (χ2n) is 6.26. The minimum Gasteiger partial charge on any atom is -0.493 e. The summed E-state index contributed by atoms with van der Waals surface area (Å²) < 4.78 is 14.0. The molecule has 0 radical (unpaired) electrons. The third-order valence-corrected chi connectivity index (χ3v) is 7.22. The van der Waals surface area contributed by atoms with Crippen molar-refractivity contribution in [3.8, 4) is 11.5 Å². The van der Waals surface area contributed by atoms with Gasteiger partial charge in [-0.1, -0.05) is 22.9 Å². The Morgan fingerprint density at radius 1 is 1.13 bits per heavy atom. The monoisotopic (exact) mass is 482 g/mol. The number of benzene rings is 2. The number of fused-ring (bicyclic) bond motifs is 1. The fraction of sp³-hybridized carbons (Fsp3) is 0.333. The molecule has 0 aliphatic rings. The summed E-state index contributed by atoms with van der Waals surface area (Å²) in [5.74, 6) is 2.80. The van der Waals surface area contributed by atoms with Crippen LogP contribution < -0.4 is 14.3 Å². The molecule has 0 atom stereocenters. The van der Waals surface area contributed by atoms with E-state index in [1.165, 1.54) is 11.3 Å². The first-order valence-corrected chi connectivity index (χ1v) is 12.8. The van der Waals surface area contributed by atoms with Gasteiger partial charge >= 0.3 is 0 Å². The number of amides is 1. The molecule has 3 aromatic rings. The number of hydrogen-bond acceptors (Lipinski definition) is 6. The molecule has 30 heavy (non-hydrogen) atoms. The number of thiazole rings is 1. The number of rotatable bonds is 9. The first-order chi connectivity index (χ1) is 14.5. The normalized spacial score (nSPS) is 11.8. The van der Waals surface area contributed by atoms with Crippen LogP contribution >= 0.6 is 46.5 Å². The lowest BCUT2D eigenvalue weighted by Crippen LogP contribution is -2.18. The van der Waals surface area contributed by atoms with Crippen LogP contribution in [0.4, 0.5) is 0 Å². The molecule has 1 amide bonds. The molecule has 3 rings (SSSR count). The number of aromatic nitrogens is 1. The highest BCUT2D eigenvalue weighted by molar-refractivity contribution is 7.99. The minimum absolute atomic E-state index is 0.125. The minimum atomic E-state index is -0.125. The van der Waals surface area contributed by atoms with Crippen molar-refractivity contribution in [2.24, 2.45) is 4.99 Å². The SMILES string of the molecule is COc1cc2sc(=NC(=O)CCSc3ccc(Cl)cc3)n(CCSC)c2cc1OC. The average molecular weight is 483 g/mol. The molecule has 2 aromatic carbocycles. The third kappa shape index (κ3) is 5.75. The topological polar surface area (TPSA) is 52.8 Å². The van der Waals surface area contributed by atoms with Crippen molar-refractivity contribution in [2.75, 3.05) is 32.0 Å². The number of thioether (sulfide) groups is 2. The van der Waals surface area contributed by atoms with E-state index in [4.69, 9.17) is 21.1 Å². The molecule has 5 nitrogen and oxygen atoms in total. The van der Waals surface area contributed by atoms with Crippen LogP contribution in [0.15, 0.2) is 46.3 Å². The molecule has 0 saturated carbocycles. The van der Waals surface area contributed by atoms with Crippen molar-refractivity contribution in [1.82, 2.24) is 4.57 Å². The van der Waals surface area contributed by atoms with Crippen molar-refractivity contribution < 1.29 is 14.3 Å². The summed E-state index contributed by atoms with van der Waals surface area (Å²) in [5, 5.41) is 0.707. The summed E-state index contributed by atoms with van der Waals surface area (Å²) in [6.45, 7) is 0.766. The van der Waals surface area contributed by atoms with Gasteiger partial charge in [0.05, 0.1) is 24.4 Å².